The summed E-state index contributed by atoms with van der Waals surface area (Å²) in [4.78, 5) is 43.5. The maximum absolute atomic E-state index is 14.8. The quantitative estimate of drug-likeness (QED) is 0.158. The molecule has 0 aliphatic heterocycles. The summed E-state index contributed by atoms with van der Waals surface area (Å²) in [6.45, 7) is 14.0. The van der Waals surface area contributed by atoms with Gasteiger partial charge >= 0.3 is 6.09 Å². The number of rotatable bonds is 15. The average molecular weight is 606 g/mol. The van der Waals surface area contributed by atoms with Gasteiger partial charge in [0.2, 0.25) is 11.8 Å². The van der Waals surface area contributed by atoms with Crippen LogP contribution in [-0.4, -0.2) is 52.1 Å². The number of aromatic hydroxyl groups is 1. The SMILES string of the molecule is C#Cc1ccccc1C(C(=O)NCCCCC)N(C(=O)C(Cc1ccc(O)cc1)NC(=O)OC(C)(C)C)C(C)CCC(C)C. The van der Waals surface area contributed by atoms with Crippen LogP contribution in [0.25, 0.3) is 0 Å². The minimum absolute atomic E-state index is 0.0892. The zero-order chi connectivity index (χ0) is 32.9. The molecule has 0 heterocycles. The molecule has 3 atom stereocenters. The summed E-state index contributed by atoms with van der Waals surface area (Å²) in [5.74, 6) is 2.40. The first-order valence-corrected chi connectivity index (χ1v) is 15.7. The van der Waals surface area contributed by atoms with E-state index < -0.39 is 29.7 Å². The van der Waals surface area contributed by atoms with E-state index in [1.54, 1.807) is 56.0 Å². The summed E-state index contributed by atoms with van der Waals surface area (Å²) in [7, 11) is 0. The number of nitrogens with zero attached hydrogens (tertiary/aromatic N) is 1. The van der Waals surface area contributed by atoms with Crippen molar-refractivity contribution in [3.63, 3.8) is 0 Å². The van der Waals surface area contributed by atoms with Gasteiger partial charge < -0.3 is 25.4 Å². The summed E-state index contributed by atoms with van der Waals surface area (Å²) in [5.41, 5.74) is 1.00. The molecule has 2 aromatic carbocycles. The number of carbonyl (C=O) groups is 3. The standard InChI is InChI=1S/C36H51N3O5/c1-9-11-14-23-37-33(41)32(30-16-13-12-15-28(30)10-2)39(26(5)18-17-25(3)4)34(42)31(38-35(43)44-36(6,7)8)24-27-19-21-29(40)22-20-27/h2,12-13,15-16,19-22,25-26,31-32,40H,9,11,14,17-18,23-24H2,1,3-8H3,(H,37,41)(H,38,43). The van der Waals surface area contributed by atoms with Crippen LogP contribution in [0.15, 0.2) is 48.5 Å². The normalized spacial score (nSPS) is 13.3. The van der Waals surface area contributed by atoms with Crippen LogP contribution in [0.3, 0.4) is 0 Å². The Bertz CT molecular complexity index is 1260. The molecular weight excluding hydrogens is 554 g/mol. The first kappa shape index (κ1) is 36.2. The number of hydrogen-bond donors (Lipinski definition) is 3. The number of benzene rings is 2. The Labute approximate surface area is 263 Å². The molecule has 0 aromatic heterocycles. The predicted octanol–water partition coefficient (Wildman–Crippen LogP) is 6.51. The topological polar surface area (TPSA) is 108 Å². The highest BCUT2D eigenvalue weighted by Crippen LogP contribution is 2.30. The van der Waals surface area contributed by atoms with Gasteiger partial charge in [-0.3, -0.25) is 9.59 Å². The number of ether oxygens (including phenoxy) is 1. The summed E-state index contributed by atoms with van der Waals surface area (Å²) in [6, 6.07) is 11.2. The van der Waals surface area contributed by atoms with Crippen LogP contribution in [0, 0.1) is 18.3 Å². The molecule has 44 heavy (non-hydrogen) atoms. The highest BCUT2D eigenvalue weighted by Gasteiger charge is 2.39. The van der Waals surface area contributed by atoms with Gasteiger partial charge in [-0.1, -0.05) is 69.9 Å². The van der Waals surface area contributed by atoms with Crippen molar-refractivity contribution in [3.05, 3.63) is 65.2 Å². The van der Waals surface area contributed by atoms with Crippen LogP contribution in [0.4, 0.5) is 4.79 Å². The fourth-order valence-electron chi connectivity index (χ4n) is 4.98. The minimum atomic E-state index is -1.07. The Morgan fingerprint density at radius 2 is 1.66 bits per heavy atom. The van der Waals surface area contributed by atoms with Crippen molar-refractivity contribution in [1.29, 1.82) is 0 Å². The zero-order valence-electron chi connectivity index (χ0n) is 27.5. The monoisotopic (exact) mass is 605 g/mol. The molecule has 0 aliphatic carbocycles. The van der Waals surface area contributed by atoms with Crippen LogP contribution in [0.2, 0.25) is 0 Å². The van der Waals surface area contributed by atoms with E-state index in [1.165, 1.54) is 12.1 Å². The smallest absolute Gasteiger partial charge is 0.408 e. The van der Waals surface area contributed by atoms with Crippen molar-refractivity contribution in [2.45, 2.75) is 111 Å². The third-order valence-corrected chi connectivity index (χ3v) is 7.27. The number of carbonyl (C=O) groups excluding carboxylic acids is 3. The number of amides is 3. The molecule has 2 aromatic rings. The van der Waals surface area contributed by atoms with Gasteiger partial charge in [0.05, 0.1) is 0 Å². The number of unbranched alkanes of at least 4 members (excludes halogenated alkanes) is 2. The third-order valence-electron chi connectivity index (χ3n) is 7.27. The Morgan fingerprint density at radius 3 is 2.25 bits per heavy atom. The van der Waals surface area contributed by atoms with Crippen molar-refractivity contribution in [1.82, 2.24) is 15.5 Å². The van der Waals surface area contributed by atoms with Crippen molar-refractivity contribution in [2.24, 2.45) is 5.92 Å². The second kappa shape index (κ2) is 17.3. The number of alkyl carbamates (subject to hydrolysis) is 1. The zero-order valence-corrected chi connectivity index (χ0v) is 27.5. The Morgan fingerprint density at radius 1 is 1.00 bits per heavy atom. The Hall–Kier alpha value is -3.99. The molecule has 3 amide bonds. The largest absolute Gasteiger partial charge is 0.508 e. The van der Waals surface area contributed by atoms with E-state index in [0.717, 1.165) is 31.2 Å². The minimum Gasteiger partial charge on any atom is -0.508 e. The van der Waals surface area contributed by atoms with Gasteiger partial charge in [0.1, 0.15) is 23.4 Å². The first-order chi connectivity index (χ1) is 20.8. The molecule has 0 saturated carbocycles. The van der Waals surface area contributed by atoms with Gasteiger partial charge in [-0.05, 0) is 82.2 Å². The van der Waals surface area contributed by atoms with E-state index in [-0.39, 0.29) is 24.1 Å². The lowest BCUT2D eigenvalue weighted by Gasteiger charge is -2.39. The van der Waals surface area contributed by atoms with Gasteiger partial charge in [-0.2, -0.15) is 0 Å². The summed E-state index contributed by atoms with van der Waals surface area (Å²) in [5, 5.41) is 15.7. The molecule has 0 saturated heterocycles. The van der Waals surface area contributed by atoms with Crippen LogP contribution >= 0.6 is 0 Å². The van der Waals surface area contributed by atoms with Crippen LogP contribution in [0.5, 0.6) is 5.75 Å². The molecule has 8 nitrogen and oxygen atoms in total. The second-order valence-corrected chi connectivity index (χ2v) is 12.8. The molecule has 0 fully saturated rings. The van der Waals surface area contributed by atoms with E-state index in [2.05, 4.69) is 37.3 Å². The summed E-state index contributed by atoms with van der Waals surface area (Å²) in [6.07, 6.45) is 9.53. The highest BCUT2D eigenvalue weighted by molar-refractivity contribution is 5.93. The number of hydrogen-bond acceptors (Lipinski definition) is 5. The van der Waals surface area contributed by atoms with E-state index in [9.17, 15) is 19.5 Å². The number of terminal acetylenes is 1. The number of phenols is 1. The van der Waals surface area contributed by atoms with Crippen LogP contribution in [0.1, 0.15) is 103 Å². The van der Waals surface area contributed by atoms with Gasteiger partial charge in [0.15, 0.2) is 0 Å². The highest BCUT2D eigenvalue weighted by atomic mass is 16.6. The lowest BCUT2D eigenvalue weighted by Crippen LogP contribution is -2.56. The fourth-order valence-corrected chi connectivity index (χ4v) is 4.98. The first-order valence-electron chi connectivity index (χ1n) is 15.7. The Balaban J connectivity index is 2.67. The van der Waals surface area contributed by atoms with E-state index in [4.69, 9.17) is 11.2 Å². The fraction of sp³-hybridized carbons (Fsp3) is 0.528. The molecule has 0 radical (unpaired) electrons. The predicted molar refractivity (Wildman–Crippen MR) is 175 cm³/mol. The molecule has 3 unspecified atom stereocenters. The van der Waals surface area contributed by atoms with Crippen molar-refractivity contribution in [3.8, 4) is 18.1 Å². The number of nitrogens with one attached hydrogen (secondary N) is 2. The van der Waals surface area contributed by atoms with Gasteiger partial charge in [-0.25, -0.2) is 4.79 Å². The second-order valence-electron chi connectivity index (χ2n) is 12.8. The van der Waals surface area contributed by atoms with Gasteiger partial charge in [0, 0.05) is 24.6 Å². The van der Waals surface area contributed by atoms with Crippen LogP contribution in [-0.2, 0) is 20.7 Å². The molecule has 0 bridgehead atoms. The summed E-state index contributed by atoms with van der Waals surface area (Å²) >= 11 is 0. The summed E-state index contributed by atoms with van der Waals surface area (Å²) < 4.78 is 5.53. The lowest BCUT2D eigenvalue weighted by atomic mass is 9.93. The maximum Gasteiger partial charge on any atom is 0.408 e. The van der Waals surface area contributed by atoms with Gasteiger partial charge in [-0.15, -0.1) is 6.42 Å². The van der Waals surface area contributed by atoms with E-state index >= 15 is 0 Å². The number of phenolic OH excluding ortho intramolecular Hbond substituents is 1. The maximum atomic E-state index is 14.8. The molecule has 8 heteroatoms. The lowest BCUT2D eigenvalue weighted by molar-refractivity contribution is -0.145. The third kappa shape index (κ3) is 11.6. The Kier molecular flexibility index (Phi) is 14.3. The molecule has 0 spiro atoms. The van der Waals surface area contributed by atoms with Crippen molar-refractivity contribution in [2.75, 3.05) is 6.54 Å². The molecule has 2 rings (SSSR count). The van der Waals surface area contributed by atoms with Gasteiger partial charge in [0.25, 0.3) is 0 Å². The molecular formula is C36H51N3O5. The van der Waals surface area contributed by atoms with E-state index in [0.29, 0.717) is 30.0 Å². The van der Waals surface area contributed by atoms with Crippen molar-refractivity contribution < 1.29 is 24.2 Å². The van der Waals surface area contributed by atoms with Crippen LogP contribution < -0.4 is 10.6 Å². The van der Waals surface area contributed by atoms with Crippen molar-refractivity contribution >= 4 is 17.9 Å². The molecule has 3 N–H and O–H groups in total. The molecule has 0 aliphatic rings. The van der Waals surface area contributed by atoms with E-state index in [1.807, 2.05) is 13.0 Å². The average Bonchev–Trinajstić information content (AvgIpc) is 2.96. The molecule has 240 valence electrons.